The molecular weight excluding hydrogens is 303 g/mol. The van der Waals surface area contributed by atoms with Gasteiger partial charge in [-0.3, -0.25) is 0 Å². The number of hydrogen-bond acceptors (Lipinski definition) is 0. The molecule has 0 N–H and O–H groups in total. The van der Waals surface area contributed by atoms with Crippen LogP contribution in [0.25, 0.3) is 22.5 Å². The van der Waals surface area contributed by atoms with Crippen molar-refractivity contribution < 1.29 is 0 Å². The molecule has 1 aliphatic carbocycles. The van der Waals surface area contributed by atoms with Crippen LogP contribution in [0.1, 0.15) is 11.1 Å². The number of halogens is 2. The van der Waals surface area contributed by atoms with E-state index in [-0.39, 0.29) is 0 Å². The van der Waals surface area contributed by atoms with Crippen LogP contribution in [0.15, 0.2) is 48.8 Å². The molecule has 0 bridgehead atoms. The van der Waals surface area contributed by atoms with Crippen LogP contribution in [0, 0.1) is 0 Å². The summed E-state index contributed by atoms with van der Waals surface area (Å²) < 4.78 is 3.29. The first-order valence-corrected chi connectivity index (χ1v) is 7.56. The van der Waals surface area contributed by atoms with Crippen molar-refractivity contribution in [2.75, 3.05) is 0 Å². The van der Waals surface area contributed by atoms with E-state index in [1.54, 1.807) is 0 Å². The van der Waals surface area contributed by atoms with Crippen molar-refractivity contribution in [2.24, 2.45) is 14.1 Å². The molecular formula is C17H14Cl2N2. The summed E-state index contributed by atoms with van der Waals surface area (Å²) in [4.78, 5) is 0. The van der Waals surface area contributed by atoms with Gasteiger partial charge in [-0.1, -0.05) is 35.3 Å². The van der Waals surface area contributed by atoms with E-state index in [1.807, 2.05) is 38.6 Å². The van der Waals surface area contributed by atoms with E-state index < -0.39 is 4.33 Å². The molecule has 2 heterocycles. The van der Waals surface area contributed by atoms with Crippen LogP contribution < -0.4 is 0 Å². The van der Waals surface area contributed by atoms with Crippen molar-refractivity contribution in [1.29, 1.82) is 0 Å². The summed E-state index contributed by atoms with van der Waals surface area (Å²) in [6.07, 6.45) is 4.05. The highest BCUT2D eigenvalue weighted by Crippen LogP contribution is 2.63. The molecule has 0 unspecified atom stereocenters. The number of hydrogen-bond donors (Lipinski definition) is 0. The van der Waals surface area contributed by atoms with Crippen LogP contribution in [-0.4, -0.2) is 9.13 Å². The lowest BCUT2D eigenvalue weighted by atomic mass is 10.1. The molecule has 106 valence electrons. The highest BCUT2D eigenvalue weighted by Gasteiger charge is 2.52. The Labute approximate surface area is 133 Å². The maximum Gasteiger partial charge on any atom is 0.170 e. The fourth-order valence-corrected chi connectivity index (χ4v) is 3.78. The maximum absolute atomic E-state index is 6.53. The van der Waals surface area contributed by atoms with Gasteiger partial charge in [0.1, 0.15) is 0 Å². The van der Waals surface area contributed by atoms with E-state index in [1.165, 1.54) is 0 Å². The third-order valence-corrected chi connectivity index (χ3v) is 4.97. The van der Waals surface area contributed by atoms with Gasteiger partial charge in [0.15, 0.2) is 4.33 Å². The zero-order chi connectivity index (χ0) is 14.8. The molecule has 4 rings (SSSR count). The smallest absolute Gasteiger partial charge is 0.170 e. The van der Waals surface area contributed by atoms with Crippen molar-refractivity contribution in [1.82, 2.24) is 9.13 Å². The van der Waals surface area contributed by atoms with Gasteiger partial charge in [-0.15, -0.1) is 0 Å². The summed E-state index contributed by atoms with van der Waals surface area (Å²) in [5.41, 5.74) is 6.55. The zero-order valence-electron chi connectivity index (χ0n) is 11.8. The van der Waals surface area contributed by atoms with Crippen LogP contribution in [0.5, 0.6) is 0 Å². The SMILES string of the molecule is Cn1cccc1-c1ccc(-c2cccn2C)c2c1C2(Cl)Cl. The summed E-state index contributed by atoms with van der Waals surface area (Å²) >= 11 is 13.1. The van der Waals surface area contributed by atoms with Gasteiger partial charge < -0.3 is 9.13 Å². The number of aromatic nitrogens is 2. The van der Waals surface area contributed by atoms with Gasteiger partial charge >= 0.3 is 0 Å². The predicted molar refractivity (Wildman–Crippen MR) is 87.7 cm³/mol. The standard InChI is InChI=1S/C17H14Cl2N2/c1-20-9-3-5-13(20)11-7-8-12(14-6-4-10-21(14)2)16-15(11)17(16,18)19/h3-10H,1-2H3. The molecule has 0 radical (unpaired) electrons. The summed E-state index contributed by atoms with van der Waals surface area (Å²) in [5, 5.41) is 0. The van der Waals surface area contributed by atoms with Gasteiger partial charge in [-0.05, 0) is 24.3 Å². The van der Waals surface area contributed by atoms with Crippen molar-refractivity contribution in [3.05, 3.63) is 59.9 Å². The van der Waals surface area contributed by atoms with Crippen molar-refractivity contribution in [3.8, 4) is 22.5 Å². The number of rotatable bonds is 2. The minimum Gasteiger partial charge on any atom is -0.351 e. The van der Waals surface area contributed by atoms with Crippen LogP contribution >= 0.6 is 23.2 Å². The third-order valence-electron chi connectivity index (χ3n) is 4.21. The minimum absolute atomic E-state index is 0.872. The molecule has 0 fully saturated rings. The predicted octanol–water partition coefficient (Wildman–Crippen LogP) is 4.69. The molecule has 3 aromatic rings. The number of alkyl halides is 2. The molecule has 1 aromatic carbocycles. The van der Waals surface area contributed by atoms with E-state index in [0.717, 1.165) is 33.6 Å². The van der Waals surface area contributed by atoms with Crippen molar-refractivity contribution >= 4 is 23.2 Å². The highest BCUT2D eigenvalue weighted by molar-refractivity contribution is 6.55. The van der Waals surface area contributed by atoms with Crippen molar-refractivity contribution in [3.63, 3.8) is 0 Å². The number of aryl methyl sites for hydroxylation is 2. The molecule has 0 atom stereocenters. The summed E-state index contributed by atoms with van der Waals surface area (Å²) in [7, 11) is 4.05. The lowest BCUT2D eigenvalue weighted by Crippen LogP contribution is -1.91. The molecule has 0 saturated heterocycles. The van der Waals surface area contributed by atoms with E-state index >= 15 is 0 Å². The van der Waals surface area contributed by atoms with Crippen LogP contribution in [0.2, 0.25) is 0 Å². The Kier molecular flexibility index (Phi) is 2.60. The number of fused-ring (bicyclic) bond motifs is 1. The molecule has 0 spiro atoms. The quantitative estimate of drug-likeness (QED) is 0.607. The highest BCUT2D eigenvalue weighted by atomic mass is 35.5. The van der Waals surface area contributed by atoms with Crippen LogP contribution in [0.4, 0.5) is 0 Å². The monoisotopic (exact) mass is 316 g/mol. The van der Waals surface area contributed by atoms with Gasteiger partial charge in [-0.25, -0.2) is 0 Å². The first-order valence-electron chi connectivity index (χ1n) is 6.81. The van der Waals surface area contributed by atoms with Gasteiger partial charge in [0.2, 0.25) is 0 Å². The van der Waals surface area contributed by atoms with Crippen LogP contribution in [-0.2, 0) is 18.4 Å². The van der Waals surface area contributed by atoms with E-state index in [0.29, 0.717) is 0 Å². The van der Waals surface area contributed by atoms with Gasteiger partial charge in [0.05, 0.1) is 0 Å². The zero-order valence-corrected chi connectivity index (χ0v) is 13.3. The Morgan fingerprint density at radius 1 is 0.762 bits per heavy atom. The number of nitrogens with zero attached hydrogens (tertiary/aromatic N) is 2. The van der Waals surface area contributed by atoms with E-state index in [9.17, 15) is 0 Å². The molecule has 0 saturated carbocycles. The summed E-state index contributed by atoms with van der Waals surface area (Å²) in [6, 6.07) is 12.4. The molecule has 1 aliphatic rings. The second kappa shape index (κ2) is 4.19. The van der Waals surface area contributed by atoms with Gasteiger partial charge in [0, 0.05) is 60.1 Å². The second-order valence-corrected chi connectivity index (χ2v) is 6.82. The first kappa shape index (κ1) is 13.1. The largest absolute Gasteiger partial charge is 0.351 e. The molecule has 0 aliphatic heterocycles. The normalized spacial score (nSPS) is 15.0. The molecule has 2 aromatic heterocycles. The fourth-order valence-electron chi connectivity index (χ4n) is 3.09. The Morgan fingerprint density at radius 3 is 1.52 bits per heavy atom. The average Bonchev–Trinajstić information content (AvgIpc) is 2.83. The van der Waals surface area contributed by atoms with Gasteiger partial charge in [-0.2, -0.15) is 0 Å². The Balaban J connectivity index is 1.94. The maximum atomic E-state index is 6.53. The number of benzene rings is 1. The average molecular weight is 317 g/mol. The minimum atomic E-state index is -0.872. The Hall–Kier alpha value is -1.64. The lowest BCUT2D eigenvalue weighted by Gasteiger charge is -2.06. The van der Waals surface area contributed by atoms with E-state index in [2.05, 4.69) is 33.4 Å². The molecule has 21 heavy (non-hydrogen) atoms. The Bertz CT molecular complexity index is 786. The summed E-state index contributed by atoms with van der Waals surface area (Å²) in [6.45, 7) is 0. The fraction of sp³-hybridized carbons (Fsp3) is 0.176. The topological polar surface area (TPSA) is 9.86 Å². The molecule has 2 nitrogen and oxygen atoms in total. The molecule has 0 amide bonds. The second-order valence-electron chi connectivity index (χ2n) is 5.49. The molecule has 4 heteroatoms. The van der Waals surface area contributed by atoms with Gasteiger partial charge in [0.25, 0.3) is 0 Å². The third kappa shape index (κ3) is 1.73. The summed E-state index contributed by atoms with van der Waals surface area (Å²) in [5.74, 6) is 0. The van der Waals surface area contributed by atoms with Crippen LogP contribution in [0.3, 0.4) is 0 Å². The van der Waals surface area contributed by atoms with E-state index in [4.69, 9.17) is 23.2 Å². The first-order chi connectivity index (χ1) is 10.0. The Morgan fingerprint density at radius 2 is 1.19 bits per heavy atom. The van der Waals surface area contributed by atoms with Crippen molar-refractivity contribution in [2.45, 2.75) is 4.33 Å². The lowest BCUT2D eigenvalue weighted by molar-refractivity contribution is 0.935.